The zero-order valence-electron chi connectivity index (χ0n) is 9.15. The first-order valence-electron chi connectivity index (χ1n) is 5.19. The van der Waals surface area contributed by atoms with Crippen LogP contribution in [-0.2, 0) is 6.67 Å². The molecule has 0 aliphatic rings. The number of aromatic nitrogens is 4. The molecule has 0 saturated carbocycles. The van der Waals surface area contributed by atoms with Gasteiger partial charge in [0.1, 0.15) is 12.4 Å². The summed E-state index contributed by atoms with van der Waals surface area (Å²) in [6.07, 6.45) is 5.20. The molecule has 2 aromatic heterocycles. The van der Waals surface area contributed by atoms with Crippen LogP contribution in [0.1, 0.15) is 10.5 Å². The Kier molecular flexibility index (Phi) is 3.51. The molecule has 0 fully saturated rings. The highest BCUT2D eigenvalue weighted by molar-refractivity contribution is 5.92. The Bertz CT molecular complexity index is 477. The number of aliphatic hydroxyl groups excluding tert-OH is 1. The summed E-state index contributed by atoms with van der Waals surface area (Å²) < 4.78 is 3.31. The number of nitrogens with one attached hydrogen (secondary N) is 1. The van der Waals surface area contributed by atoms with Gasteiger partial charge in [0.25, 0.3) is 5.91 Å². The summed E-state index contributed by atoms with van der Waals surface area (Å²) in [5, 5.41) is 19.3. The van der Waals surface area contributed by atoms with Gasteiger partial charge in [-0.2, -0.15) is 10.2 Å². The van der Waals surface area contributed by atoms with Crippen molar-refractivity contribution in [3.63, 3.8) is 0 Å². The quantitative estimate of drug-likeness (QED) is 0.718. The molecule has 0 unspecified atom stereocenters. The smallest absolute Gasteiger partial charge is 0.271 e. The molecule has 0 atom stereocenters. The number of nitrogens with zero attached hydrogens (tertiary/aromatic N) is 4. The normalized spacial score (nSPS) is 10.4. The van der Waals surface area contributed by atoms with E-state index < -0.39 is 0 Å². The highest BCUT2D eigenvalue weighted by atomic mass is 16.3. The van der Waals surface area contributed by atoms with E-state index in [2.05, 4.69) is 15.5 Å². The van der Waals surface area contributed by atoms with E-state index in [0.717, 1.165) is 0 Å². The predicted octanol–water partition coefficient (Wildman–Crippen LogP) is -0.693. The summed E-state index contributed by atoms with van der Waals surface area (Å²) in [7, 11) is 0. The molecule has 0 aliphatic carbocycles. The number of carbonyl (C=O) groups is 1. The van der Waals surface area contributed by atoms with Crippen molar-refractivity contribution < 1.29 is 9.90 Å². The minimum Gasteiger partial charge on any atom is -0.395 e. The molecule has 0 radical (unpaired) electrons. The summed E-state index contributed by atoms with van der Waals surface area (Å²) in [5.41, 5.74) is 0.325. The number of carbonyl (C=O) groups excluding carboxylic acids is 1. The summed E-state index contributed by atoms with van der Waals surface area (Å²) in [4.78, 5) is 11.5. The fourth-order valence-corrected chi connectivity index (χ4v) is 1.35. The van der Waals surface area contributed by atoms with Crippen LogP contribution in [0.5, 0.6) is 0 Å². The zero-order chi connectivity index (χ0) is 12.1. The van der Waals surface area contributed by atoms with Gasteiger partial charge in [-0.3, -0.25) is 14.2 Å². The molecule has 0 saturated heterocycles. The molecule has 2 heterocycles. The van der Waals surface area contributed by atoms with Crippen molar-refractivity contribution in [2.24, 2.45) is 0 Å². The van der Waals surface area contributed by atoms with Gasteiger partial charge in [0.15, 0.2) is 0 Å². The lowest BCUT2D eigenvalue weighted by Gasteiger charge is -2.01. The Hall–Kier alpha value is -2.15. The van der Waals surface area contributed by atoms with Crippen LogP contribution in [-0.4, -0.2) is 43.7 Å². The average Bonchev–Trinajstić information content (AvgIpc) is 2.98. The lowest BCUT2D eigenvalue weighted by atomic mass is 10.4. The Labute approximate surface area is 97.7 Å². The van der Waals surface area contributed by atoms with Gasteiger partial charge >= 0.3 is 0 Å². The maximum Gasteiger partial charge on any atom is 0.271 e. The fourth-order valence-electron chi connectivity index (χ4n) is 1.35. The van der Waals surface area contributed by atoms with E-state index in [1.165, 1.54) is 0 Å². The van der Waals surface area contributed by atoms with Crippen LogP contribution in [0, 0.1) is 0 Å². The summed E-state index contributed by atoms with van der Waals surface area (Å²) in [6.45, 7) is 0.602. The third kappa shape index (κ3) is 2.91. The zero-order valence-corrected chi connectivity index (χ0v) is 9.15. The number of hydrogen-bond acceptors (Lipinski definition) is 4. The highest BCUT2D eigenvalue weighted by Crippen LogP contribution is 1.96. The lowest BCUT2D eigenvalue weighted by Crippen LogP contribution is -2.27. The molecular weight excluding hydrogens is 222 g/mol. The first-order valence-corrected chi connectivity index (χ1v) is 5.19. The first-order chi connectivity index (χ1) is 8.29. The molecule has 0 aromatic carbocycles. The lowest BCUT2D eigenvalue weighted by molar-refractivity contribution is 0.0939. The summed E-state index contributed by atoms with van der Waals surface area (Å²) in [5.74, 6) is -0.293. The van der Waals surface area contributed by atoms with E-state index in [-0.39, 0.29) is 19.1 Å². The van der Waals surface area contributed by atoms with Crippen molar-refractivity contribution in [2.45, 2.75) is 6.67 Å². The predicted molar refractivity (Wildman–Crippen MR) is 59.3 cm³/mol. The standard InChI is InChI=1S/C10H13N5O2/c16-7-4-11-10(17)9-2-6-15(13-9)8-14-5-1-3-12-14/h1-3,5-6,16H,4,7-8H2,(H,11,17). The van der Waals surface area contributed by atoms with Crippen LogP contribution in [0.2, 0.25) is 0 Å². The van der Waals surface area contributed by atoms with Gasteiger partial charge in [-0.05, 0) is 12.1 Å². The number of aliphatic hydroxyl groups is 1. The monoisotopic (exact) mass is 235 g/mol. The van der Waals surface area contributed by atoms with E-state index in [1.807, 2.05) is 12.3 Å². The van der Waals surface area contributed by atoms with Crippen LogP contribution in [0.25, 0.3) is 0 Å². The molecule has 2 N–H and O–H groups in total. The van der Waals surface area contributed by atoms with Crippen molar-refractivity contribution in [1.82, 2.24) is 24.9 Å². The van der Waals surface area contributed by atoms with Gasteiger partial charge in [-0.15, -0.1) is 0 Å². The second-order valence-corrected chi connectivity index (χ2v) is 3.41. The van der Waals surface area contributed by atoms with Gasteiger partial charge in [0, 0.05) is 25.1 Å². The SMILES string of the molecule is O=C(NCCO)c1ccn(Cn2cccn2)n1. The minimum absolute atomic E-state index is 0.0836. The van der Waals surface area contributed by atoms with Gasteiger partial charge in [-0.25, -0.2) is 0 Å². The molecule has 1 amide bonds. The second-order valence-electron chi connectivity index (χ2n) is 3.41. The molecule has 7 nitrogen and oxygen atoms in total. The van der Waals surface area contributed by atoms with Crippen molar-refractivity contribution in [3.8, 4) is 0 Å². The molecule has 0 spiro atoms. The van der Waals surface area contributed by atoms with Crippen molar-refractivity contribution >= 4 is 5.91 Å². The van der Waals surface area contributed by atoms with E-state index in [9.17, 15) is 4.79 Å². The molecule has 17 heavy (non-hydrogen) atoms. The van der Waals surface area contributed by atoms with Crippen molar-refractivity contribution in [1.29, 1.82) is 0 Å². The van der Waals surface area contributed by atoms with Gasteiger partial charge in [0.2, 0.25) is 0 Å². The van der Waals surface area contributed by atoms with Crippen LogP contribution in [0.3, 0.4) is 0 Å². The molecule has 90 valence electrons. The molecule has 7 heteroatoms. The fraction of sp³-hybridized carbons (Fsp3) is 0.300. The minimum atomic E-state index is -0.293. The molecule has 2 rings (SSSR count). The Morgan fingerprint density at radius 3 is 3.00 bits per heavy atom. The third-order valence-corrected chi connectivity index (χ3v) is 2.12. The van der Waals surface area contributed by atoms with Gasteiger partial charge in [-0.1, -0.05) is 0 Å². The van der Waals surface area contributed by atoms with Crippen LogP contribution in [0.4, 0.5) is 0 Å². The maximum atomic E-state index is 11.5. The molecule has 0 aliphatic heterocycles. The molecule has 2 aromatic rings. The number of hydrogen-bond donors (Lipinski definition) is 2. The average molecular weight is 235 g/mol. The molecular formula is C10H13N5O2. The largest absolute Gasteiger partial charge is 0.395 e. The van der Waals surface area contributed by atoms with E-state index in [0.29, 0.717) is 12.4 Å². The van der Waals surface area contributed by atoms with Crippen LogP contribution < -0.4 is 5.32 Å². The van der Waals surface area contributed by atoms with Crippen LogP contribution in [0.15, 0.2) is 30.7 Å². The number of amides is 1. The Morgan fingerprint density at radius 1 is 1.41 bits per heavy atom. The first kappa shape index (κ1) is 11.3. The summed E-state index contributed by atoms with van der Waals surface area (Å²) >= 11 is 0. The highest BCUT2D eigenvalue weighted by Gasteiger charge is 2.08. The topological polar surface area (TPSA) is 85.0 Å². The number of rotatable bonds is 5. The van der Waals surface area contributed by atoms with E-state index >= 15 is 0 Å². The Morgan fingerprint density at radius 2 is 2.29 bits per heavy atom. The van der Waals surface area contributed by atoms with Gasteiger partial charge in [0.05, 0.1) is 6.61 Å². The van der Waals surface area contributed by atoms with E-state index in [4.69, 9.17) is 5.11 Å². The van der Waals surface area contributed by atoms with Crippen molar-refractivity contribution in [2.75, 3.05) is 13.2 Å². The maximum absolute atomic E-state index is 11.5. The molecule has 0 bridgehead atoms. The summed E-state index contributed by atoms with van der Waals surface area (Å²) in [6, 6.07) is 3.44. The third-order valence-electron chi connectivity index (χ3n) is 2.12. The van der Waals surface area contributed by atoms with Crippen molar-refractivity contribution in [3.05, 3.63) is 36.4 Å². The van der Waals surface area contributed by atoms with E-state index in [1.54, 1.807) is 27.8 Å². The van der Waals surface area contributed by atoms with Crippen LogP contribution >= 0.6 is 0 Å². The Balaban J connectivity index is 1.98. The van der Waals surface area contributed by atoms with Gasteiger partial charge < -0.3 is 10.4 Å². The second kappa shape index (κ2) is 5.26.